The van der Waals surface area contributed by atoms with Crippen LogP contribution in [0, 0.1) is 0 Å². The fraction of sp³-hybridized carbons (Fsp3) is 0.579. The average Bonchev–Trinajstić information content (AvgIpc) is 3.24. The van der Waals surface area contributed by atoms with Crippen LogP contribution < -0.4 is 27.4 Å². The number of aromatic nitrogens is 2. The number of aromatic amines is 1. The van der Waals surface area contributed by atoms with E-state index in [1.165, 1.54) is 19.4 Å². The first kappa shape index (κ1) is 27.5. The third-order valence-electron chi connectivity index (χ3n) is 4.66. The third kappa shape index (κ3) is 10.1. The highest BCUT2D eigenvalue weighted by atomic mass is 16.4. The number of hydrogen-bond acceptors (Lipinski definition) is 8. The highest BCUT2D eigenvalue weighted by molar-refractivity contribution is 5.94. The van der Waals surface area contributed by atoms with E-state index >= 15 is 0 Å². The molecule has 1 rings (SSSR count). The number of aliphatic carboxylic acids is 2. The van der Waals surface area contributed by atoms with Gasteiger partial charge in [-0.05, 0) is 32.7 Å². The Kier molecular flexibility index (Phi) is 11.5. The molecule has 33 heavy (non-hydrogen) atoms. The van der Waals surface area contributed by atoms with Gasteiger partial charge in [-0.15, -0.1) is 0 Å². The number of carboxylic acid groups (broad SMARTS) is 2. The average molecular weight is 469 g/mol. The zero-order chi connectivity index (χ0) is 25.0. The molecule has 0 aliphatic rings. The molecule has 1 aromatic rings. The number of carbonyl (C=O) groups excluding carboxylic acids is 3. The SMILES string of the molecule is C[C@H](NC(=O)[C@H](N)CC(=O)O)C(=O)N[C@H](Cc1cnc[nH]1)C(=O)N[C@H](CCCCN)C(=O)O. The van der Waals surface area contributed by atoms with Crippen molar-refractivity contribution in [2.75, 3.05) is 6.54 Å². The fourth-order valence-electron chi connectivity index (χ4n) is 2.81. The number of nitrogens with zero attached hydrogens (tertiary/aromatic N) is 1. The lowest BCUT2D eigenvalue weighted by molar-refractivity contribution is -0.142. The smallest absolute Gasteiger partial charge is 0.326 e. The van der Waals surface area contributed by atoms with Gasteiger partial charge >= 0.3 is 11.9 Å². The van der Waals surface area contributed by atoms with Crippen LogP contribution in [0.1, 0.15) is 38.3 Å². The number of rotatable bonds is 15. The molecule has 14 nitrogen and oxygen atoms in total. The Bertz CT molecular complexity index is 815. The van der Waals surface area contributed by atoms with Crippen molar-refractivity contribution in [1.82, 2.24) is 25.9 Å². The number of carboxylic acids is 2. The van der Waals surface area contributed by atoms with Crippen LogP contribution in [0.25, 0.3) is 0 Å². The number of amides is 3. The first-order chi connectivity index (χ1) is 15.5. The van der Waals surface area contributed by atoms with Crippen molar-refractivity contribution in [3.63, 3.8) is 0 Å². The highest BCUT2D eigenvalue weighted by Gasteiger charge is 2.29. The van der Waals surface area contributed by atoms with Gasteiger partial charge in [0, 0.05) is 18.3 Å². The van der Waals surface area contributed by atoms with E-state index in [1.807, 2.05) is 0 Å². The van der Waals surface area contributed by atoms with Crippen molar-refractivity contribution < 1.29 is 34.2 Å². The molecule has 0 aliphatic carbocycles. The van der Waals surface area contributed by atoms with Gasteiger partial charge in [-0.25, -0.2) is 9.78 Å². The summed E-state index contributed by atoms with van der Waals surface area (Å²) in [5.74, 6) is -4.83. The number of carbonyl (C=O) groups is 5. The normalized spacial score (nSPS) is 14.4. The molecule has 0 bridgehead atoms. The van der Waals surface area contributed by atoms with Crippen LogP contribution in [-0.4, -0.2) is 80.6 Å². The second kappa shape index (κ2) is 13.8. The summed E-state index contributed by atoms with van der Waals surface area (Å²) in [6, 6.07) is -4.85. The molecule has 14 heteroatoms. The van der Waals surface area contributed by atoms with Gasteiger partial charge in [-0.3, -0.25) is 19.2 Å². The summed E-state index contributed by atoms with van der Waals surface area (Å²) < 4.78 is 0. The van der Waals surface area contributed by atoms with E-state index in [0.29, 0.717) is 25.1 Å². The molecule has 0 unspecified atom stereocenters. The minimum atomic E-state index is -1.35. The summed E-state index contributed by atoms with van der Waals surface area (Å²) in [6.45, 7) is 1.72. The quantitative estimate of drug-likeness (QED) is 0.125. The van der Waals surface area contributed by atoms with Gasteiger partial charge in [0.1, 0.15) is 18.1 Å². The van der Waals surface area contributed by atoms with E-state index < -0.39 is 60.2 Å². The Labute approximate surface area is 189 Å². The van der Waals surface area contributed by atoms with Crippen molar-refractivity contribution >= 4 is 29.7 Å². The number of nitrogens with two attached hydrogens (primary N) is 2. The Hall–Kier alpha value is -3.52. The molecule has 1 aromatic heterocycles. The van der Waals surface area contributed by atoms with Crippen LogP contribution >= 0.6 is 0 Å². The predicted molar refractivity (Wildman–Crippen MR) is 115 cm³/mol. The minimum absolute atomic E-state index is 0.0219. The van der Waals surface area contributed by atoms with Crippen LogP contribution in [0.2, 0.25) is 0 Å². The van der Waals surface area contributed by atoms with Gasteiger partial charge < -0.3 is 42.6 Å². The van der Waals surface area contributed by atoms with Crippen molar-refractivity contribution in [3.8, 4) is 0 Å². The summed E-state index contributed by atoms with van der Waals surface area (Å²) in [6.07, 6.45) is 3.43. The number of H-pyrrole nitrogens is 1. The van der Waals surface area contributed by atoms with Crippen molar-refractivity contribution in [2.45, 2.75) is 63.2 Å². The molecule has 10 N–H and O–H groups in total. The van der Waals surface area contributed by atoms with Gasteiger partial charge in [0.05, 0.1) is 18.8 Å². The molecule has 0 aromatic carbocycles. The summed E-state index contributed by atoms with van der Waals surface area (Å²) in [4.78, 5) is 66.2. The molecule has 0 saturated carbocycles. The predicted octanol–water partition coefficient (Wildman–Crippen LogP) is -2.56. The van der Waals surface area contributed by atoms with Crippen LogP contribution in [0.5, 0.6) is 0 Å². The molecule has 3 amide bonds. The lowest BCUT2D eigenvalue weighted by atomic mass is 10.1. The lowest BCUT2D eigenvalue weighted by Gasteiger charge is -2.23. The zero-order valence-electron chi connectivity index (χ0n) is 18.2. The Balaban J connectivity index is 2.85. The number of unbranched alkanes of at least 4 members (excludes halogenated alkanes) is 1. The van der Waals surface area contributed by atoms with Crippen molar-refractivity contribution in [2.24, 2.45) is 11.5 Å². The topological polar surface area (TPSA) is 243 Å². The first-order valence-electron chi connectivity index (χ1n) is 10.3. The summed E-state index contributed by atoms with van der Waals surface area (Å²) in [5.41, 5.74) is 11.4. The molecular formula is C19H31N7O7. The van der Waals surface area contributed by atoms with Crippen LogP contribution in [0.4, 0.5) is 0 Å². The second-order valence-electron chi connectivity index (χ2n) is 7.46. The van der Waals surface area contributed by atoms with Gasteiger partial charge in [0.15, 0.2) is 0 Å². The maximum absolute atomic E-state index is 12.8. The Morgan fingerprint density at radius 3 is 2.24 bits per heavy atom. The Morgan fingerprint density at radius 1 is 1.03 bits per heavy atom. The fourth-order valence-corrected chi connectivity index (χ4v) is 2.81. The van der Waals surface area contributed by atoms with E-state index in [0.717, 1.165) is 0 Å². The monoisotopic (exact) mass is 469 g/mol. The van der Waals surface area contributed by atoms with Crippen LogP contribution in [0.3, 0.4) is 0 Å². The molecule has 0 fully saturated rings. The number of imidazole rings is 1. The third-order valence-corrected chi connectivity index (χ3v) is 4.66. The summed E-state index contributed by atoms with van der Waals surface area (Å²) in [5, 5.41) is 25.3. The standard InChI is InChI=1S/C19H31N7O7/c1-10(24-17(30)12(21)7-15(27)28)16(29)26-14(6-11-8-22-9-23-11)18(31)25-13(19(32)33)4-2-3-5-20/h8-10,12-14H,2-7,20-21H2,1H3,(H,22,23)(H,24,30)(H,25,31)(H,26,29)(H,27,28)(H,32,33)/t10-,12+,13+,14+/m0/s1. The largest absolute Gasteiger partial charge is 0.481 e. The zero-order valence-corrected chi connectivity index (χ0v) is 18.2. The van der Waals surface area contributed by atoms with Gasteiger partial charge in [0.25, 0.3) is 0 Å². The summed E-state index contributed by atoms with van der Waals surface area (Å²) >= 11 is 0. The van der Waals surface area contributed by atoms with Gasteiger partial charge in [0.2, 0.25) is 17.7 Å². The van der Waals surface area contributed by atoms with Crippen LogP contribution in [0.15, 0.2) is 12.5 Å². The molecule has 0 radical (unpaired) electrons. The lowest BCUT2D eigenvalue weighted by Crippen LogP contribution is -2.57. The maximum atomic E-state index is 12.8. The number of nitrogens with one attached hydrogen (secondary N) is 4. The van der Waals surface area contributed by atoms with E-state index in [9.17, 15) is 29.1 Å². The molecule has 1 heterocycles. The van der Waals surface area contributed by atoms with Gasteiger partial charge in [-0.2, -0.15) is 0 Å². The second-order valence-corrected chi connectivity index (χ2v) is 7.46. The van der Waals surface area contributed by atoms with Crippen molar-refractivity contribution in [3.05, 3.63) is 18.2 Å². The van der Waals surface area contributed by atoms with E-state index in [1.54, 1.807) is 0 Å². The van der Waals surface area contributed by atoms with Crippen LogP contribution in [-0.2, 0) is 30.4 Å². The molecule has 0 spiro atoms. The Morgan fingerprint density at radius 2 is 1.70 bits per heavy atom. The molecule has 4 atom stereocenters. The van der Waals surface area contributed by atoms with E-state index in [4.69, 9.17) is 16.6 Å². The minimum Gasteiger partial charge on any atom is -0.481 e. The van der Waals surface area contributed by atoms with E-state index in [2.05, 4.69) is 25.9 Å². The van der Waals surface area contributed by atoms with E-state index in [-0.39, 0.29) is 12.8 Å². The molecular weight excluding hydrogens is 438 g/mol. The number of hydrogen-bond donors (Lipinski definition) is 8. The molecule has 184 valence electrons. The highest BCUT2D eigenvalue weighted by Crippen LogP contribution is 2.05. The first-order valence-corrected chi connectivity index (χ1v) is 10.3. The summed E-state index contributed by atoms with van der Waals surface area (Å²) in [7, 11) is 0. The molecule has 0 saturated heterocycles. The van der Waals surface area contributed by atoms with Crippen molar-refractivity contribution in [1.29, 1.82) is 0 Å². The maximum Gasteiger partial charge on any atom is 0.326 e. The molecule has 0 aliphatic heterocycles. The van der Waals surface area contributed by atoms with Gasteiger partial charge in [-0.1, -0.05) is 0 Å².